The first-order valence-corrected chi connectivity index (χ1v) is 12.1. The number of anilines is 1. The third kappa shape index (κ3) is 6.03. The number of nitrogens with zero attached hydrogens (tertiary/aromatic N) is 1. The van der Waals surface area contributed by atoms with Gasteiger partial charge in [-0.15, -0.1) is 0 Å². The van der Waals surface area contributed by atoms with Crippen molar-refractivity contribution in [2.45, 2.75) is 26.7 Å². The number of ether oxygens (including phenoxy) is 1. The minimum atomic E-state index is -0.432. The first-order chi connectivity index (χ1) is 16.4. The van der Waals surface area contributed by atoms with Gasteiger partial charge in [0, 0.05) is 24.8 Å². The van der Waals surface area contributed by atoms with Crippen LogP contribution >= 0.6 is 0 Å². The number of rotatable bonds is 7. The number of likely N-dealkylation sites (tertiary alicyclic amines) is 1. The van der Waals surface area contributed by atoms with E-state index in [4.69, 9.17) is 4.74 Å². The van der Waals surface area contributed by atoms with Gasteiger partial charge in [-0.1, -0.05) is 38.1 Å². The Kier molecular flexibility index (Phi) is 7.63. The van der Waals surface area contributed by atoms with Crippen LogP contribution in [0.2, 0.25) is 0 Å². The van der Waals surface area contributed by atoms with E-state index in [2.05, 4.69) is 19.2 Å². The number of halogens is 1. The van der Waals surface area contributed by atoms with Crippen molar-refractivity contribution in [3.63, 3.8) is 0 Å². The fourth-order valence-corrected chi connectivity index (χ4v) is 5.06. The molecule has 0 bridgehead atoms. The molecular weight excluding hydrogens is 433 g/mol. The molecule has 6 nitrogen and oxygen atoms in total. The fraction of sp³-hybridized carbons (Fsp3) is 0.407. The van der Waals surface area contributed by atoms with Crippen LogP contribution in [0.4, 0.5) is 10.1 Å². The number of amides is 2. The van der Waals surface area contributed by atoms with Crippen LogP contribution in [0.15, 0.2) is 54.3 Å². The van der Waals surface area contributed by atoms with Crippen molar-refractivity contribution in [1.82, 2.24) is 5.32 Å². The Bertz CT molecular complexity index is 1060. The first kappa shape index (κ1) is 24.0. The second-order valence-electron chi connectivity index (χ2n) is 9.58. The zero-order valence-corrected chi connectivity index (χ0v) is 19.9. The van der Waals surface area contributed by atoms with Gasteiger partial charge in [-0.3, -0.25) is 14.5 Å². The zero-order chi connectivity index (χ0) is 24.1. The van der Waals surface area contributed by atoms with Crippen LogP contribution in [-0.4, -0.2) is 44.5 Å². The number of carbonyl (C=O) groups is 2. The maximum Gasteiger partial charge on any atom is 0.294 e. The SMILES string of the molecule is CC1CC(C)C[NH+](CCCNC(=O)CN2C(=O)C(=Cc3cccc(F)c3)Oc3ccccc32)C1. The maximum absolute atomic E-state index is 13.6. The molecule has 2 atom stereocenters. The molecule has 2 heterocycles. The van der Waals surface area contributed by atoms with E-state index in [1.807, 2.05) is 0 Å². The Morgan fingerprint density at radius 1 is 1.18 bits per heavy atom. The van der Waals surface area contributed by atoms with E-state index >= 15 is 0 Å². The predicted molar refractivity (Wildman–Crippen MR) is 130 cm³/mol. The second kappa shape index (κ2) is 10.8. The third-order valence-electron chi connectivity index (χ3n) is 6.39. The van der Waals surface area contributed by atoms with Gasteiger partial charge >= 0.3 is 0 Å². The van der Waals surface area contributed by atoms with Crippen molar-refractivity contribution in [3.8, 4) is 5.75 Å². The van der Waals surface area contributed by atoms with Crippen LogP contribution in [0.3, 0.4) is 0 Å². The molecule has 2 unspecified atom stereocenters. The third-order valence-corrected chi connectivity index (χ3v) is 6.39. The van der Waals surface area contributed by atoms with Gasteiger partial charge in [0.05, 0.1) is 25.3 Å². The van der Waals surface area contributed by atoms with Gasteiger partial charge in [-0.2, -0.15) is 0 Å². The van der Waals surface area contributed by atoms with E-state index in [1.165, 1.54) is 42.6 Å². The summed E-state index contributed by atoms with van der Waals surface area (Å²) in [6.07, 6.45) is 3.69. The van der Waals surface area contributed by atoms with Crippen molar-refractivity contribution in [3.05, 3.63) is 65.7 Å². The van der Waals surface area contributed by atoms with Crippen LogP contribution in [0.1, 0.15) is 32.3 Å². The molecule has 180 valence electrons. The lowest BCUT2D eigenvalue weighted by atomic mass is 9.92. The number of piperidine rings is 1. The fourth-order valence-electron chi connectivity index (χ4n) is 5.06. The number of benzene rings is 2. The van der Waals surface area contributed by atoms with E-state index < -0.39 is 11.7 Å². The van der Waals surface area contributed by atoms with Crippen LogP contribution in [-0.2, 0) is 9.59 Å². The lowest BCUT2D eigenvalue weighted by Gasteiger charge is -2.32. The van der Waals surface area contributed by atoms with Crippen molar-refractivity contribution in [2.75, 3.05) is 37.6 Å². The minimum absolute atomic E-state index is 0.0500. The molecule has 0 spiro atoms. The molecule has 0 aromatic heterocycles. The number of hydrogen-bond donors (Lipinski definition) is 2. The largest absolute Gasteiger partial charge is 0.449 e. The normalized spacial score (nSPS) is 23.4. The molecule has 2 N–H and O–H groups in total. The highest BCUT2D eigenvalue weighted by Crippen LogP contribution is 2.35. The van der Waals surface area contributed by atoms with Gasteiger partial charge in [0.15, 0.2) is 11.5 Å². The second-order valence-corrected chi connectivity index (χ2v) is 9.58. The number of para-hydroxylation sites is 2. The highest BCUT2D eigenvalue weighted by Gasteiger charge is 2.31. The average Bonchev–Trinajstić information content (AvgIpc) is 2.79. The van der Waals surface area contributed by atoms with E-state index in [0.29, 0.717) is 23.5 Å². The molecule has 4 rings (SSSR count). The first-order valence-electron chi connectivity index (χ1n) is 12.1. The molecule has 0 aliphatic carbocycles. The summed E-state index contributed by atoms with van der Waals surface area (Å²) in [5.74, 6) is 0.975. The summed E-state index contributed by atoms with van der Waals surface area (Å²) in [7, 11) is 0. The lowest BCUT2D eigenvalue weighted by Crippen LogP contribution is -3.14. The quantitative estimate of drug-likeness (QED) is 0.487. The van der Waals surface area contributed by atoms with Crippen molar-refractivity contribution in [2.24, 2.45) is 11.8 Å². The smallest absolute Gasteiger partial charge is 0.294 e. The highest BCUT2D eigenvalue weighted by atomic mass is 19.1. The molecule has 2 aliphatic rings. The van der Waals surface area contributed by atoms with Gasteiger partial charge in [0.25, 0.3) is 5.91 Å². The number of fused-ring (bicyclic) bond motifs is 1. The molecule has 2 amide bonds. The molecule has 2 aromatic carbocycles. The van der Waals surface area contributed by atoms with Crippen molar-refractivity contribution < 1.29 is 23.6 Å². The topological polar surface area (TPSA) is 63.1 Å². The number of nitrogens with one attached hydrogen (secondary N) is 2. The molecule has 0 radical (unpaired) electrons. The number of hydrogen-bond acceptors (Lipinski definition) is 3. The van der Waals surface area contributed by atoms with E-state index in [0.717, 1.165) is 24.8 Å². The van der Waals surface area contributed by atoms with Crippen molar-refractivity contribution >= 4 is 23.6 Å². The Hall–Kier alpha value is -3.19. The lowest BCUT2D eigenvalue weighted by molar-refractivity contribution is -0.912. The Balaban J connectivity index is 1.38. The van der Waals surface area contributed by atoms with E-state index in [-0.39, 0.29) is 18.2 Å². The van der Waals surface area contributed by atoms with Gasteiger partial charge in [0.1, 0.15) is 12.4 Å². The molecule has 2 aromatic rings. The Morgan fingerprint density at radius 3 is 2.71 bits per heavy atom. The van der Waals surface area contributed by atoms with Gasteiger partial charge in [0.2, 0.25) is 5.91 Å². The van der Waals surface area contributed by atoms with Crippen LogP contribution in [0.25, 0.3) is 6.08 Å². The summed E-state index contributed by atoms with van der Waals surface area (Å²) in [5.41, 5.74) is 1.05. The van der Waals surface area contributed by atoms with Crippen LogP contribution < -0.4 is 19.9 Å². The van der Waals surface area contributed by atoms with Crippen LogP contribution in [0.5, 0.6) is 5.75 Å². The molecule has 7 heteroatoms. The summed E-state index contributed by atoms with van der Waals surface area (Å²) in [5, 5.41) is 2.96. The average molecular weight is 467 g/mol. The van der Waals surface area contributed by atoms with Crippen molar-refractivity contribution in [1.29, 1.82) is 0 Å². The molecule has 1 saturated heterocycles. The number of carbonyl (C=O) groups excluding carboxylic acids is 2. The van der Waals surface area contributed by atoms with Gasteiger partial charge in [-0.05, 0) is 42.3 Å². The number of quaternary nitrogens is 1. The van der Waals surface area contributed by atoms with E-state index in [1.54, 1.807) is 41.3 Å². The Labute approximate surface area is 200 Å². The summed E-state index contributed by atoms with van der Waals surface area (Å²) in [4.78, 5) is 28.9. The van der Waals surface area contributed by atoms with E-state index in [9.17, 15) is 14.0 Å². The standard InChI is InChI=1S/C27H32FN3O3/c1-19-13-20(2)17-30(16-19)12-6-11-29-26(32)18-31-23-9-3-4-10-24(23)34-25(27(31)33)15-21-7-5-8-22(28)14-21/h3-5,7-10,14-15,19-20H,6,11-13,16-18H2,1-2H3,(H,29,32)/p+1. The van der Waals surface area contributed by atoms with Crippen LogP contribution in [0, 0.1) is 17.7 Å². The molecular formula is C27H33FN3O3+. The van der Waals surface area contributed by atoms with Gasteiger partial charge < -0.3 is 15.0 Å². The monoisotopic (exact) mass is 466 g/mol. The summed E-state index contributed by atoms with van der Waals surface area (Å²) < 4.78 is 19.4. The highest BCUT2D eigenvalue weighted by molar-refractivity contribution is 6.12. The summed E-state index contributed by atoms with van der Waals surface area (Å²) in [6, 6.07) is 13.0. The van der Waals surface area contributed by atoms with Gasteiger partial charge in [-0.25, -0.2) is 4.39 Å². The molecule has 2 aliphatic heterocycles. The zero-order valence-electron chi connectivity index (χ0n) is 19.9. The molecule has 1 fully saturated rings. The predicted octanol–water partition coefficient (Wildman–Crippen LogP) is 2.66. The summed E-state index contributed by atoms with van der Waals surface area (Å²) in [6.45, 7) is 8.52. The summed E-state index contributed by atoms with van der Waals surface area (Å²) >= 11 is 0. The molecule has 0 saturated carbocycles. The maximum atomic E-state index is 13.6. The Morgan fingerprint density at radius 2 is 1.94 bits per heavy atom. The molecule has 34 heavy (non-hydrogen) atoms. The minimum Gasteiger partial charge on any atom is -0.449 e.